The third-order valence-corrected chi connectivity index (χ3v) is 5.48. The van der Waals surface area contributed by atoms with Gasteiger partial charge in [-0.25, -0.2) is 13.2 Å². The maximum atomic E-state index is 12.3. The number of carbonyl (C=O) groups is 1. The van der Waals surface area contributed by atoms with Crippen LogP contribution in [-0.4, -0.2) is 37.0 Å². The summed E-state index contributed by atoms with van der Waals surface area (Å²) in [5, 5.41) is 18.7. The van der Waals surface area contributed by atoms with E-state index in [4.69, 9.17) is 9.84 Å². The van der Waals surface area contributed by atoms with Gasteiger partial charge in [-0.2, -0.15) is 0 Å². The molecule has 0 aliphatic heterocycles. The summed E-state index contributed by atoms with van der Waals surface area (Å²) in [5.74, 6) is -1.35. The van der Waals surface area contributed by atoms with Gasteiger partial charge in [-0.15, -0.1) is 0 Å². The molecule has 25 heavy (non-hydrogen) atoms. The second-order valence-electron chi connectivity index (χ2n) is 5.78. The molecule has 6 nitrogen and oxygen atoms in total. The summed E-state index contributed by atoms with van der Waals surface area (Å²) in [6, 6.07) is 9.45. The van der Waals surface area contributed by atoms with Crippen molar-refractivity contribution >= 4 is 15.8 Å². The number of carboxylic acids is 1. The van der Waals surface area contributed by atoms with E-state index in [1.165, 1.54) is 12.1 Å². The van der Waals surface area contributed by atoms with Crippen LogP contribution in [0, 0.1) is 13.8 Å². The van der Waals surface area contributed by atoms with Crippen LogP contribution in [0.2, 0.25) is 0 Å². The summed E-state index contributed by atoms with van der Waals surface area (Å²) < 4.78 is 30.0. The first-order chi connectivity index (χ1) is 11.7. The Morgan fingerprint density at radius 1 is 1.16 bits per heavy atom. The van der Waals surface area contributed by atoms with Crippen LogP contribution in [0.15, 0.2) is 41.3 Å². The number of aromatic hydroxyl groups is 1. The number of aromatic carboxylic acids is 1. The zero-order chi connectivity index (χ0) is 18.6. The molecule has 134 valence electrons. The molecule has 0 amide bonds. The lowest BCUT2D eigenvalue weighted by molar-refractivity contribution is 0.0693. The summed E-state index contributed by atoms with van der Waals surface area (Å²) in [6.07, 6.45) is 0.263. The molecule has 0 bridgehead atoms. The lowest BCUT2D eigenvalue weighted by Crippen LogP contribution is -2.11. The van der Waals surface area contributed by atoms with Crippen molar-refractivity contribution in [2.45, 2.75) is 25.2 Å². The largest absolute Gasteiger partial charge is 0.507 e. The quantitative estimate of drug-likeness (QED) is 0.733. The van der Waals surface area contributed by atoms with Gasteiger partial charge in [-0.3, -0.25) is 0 Å². The molecule has 0 saturated carbocycles. The van der Waals surface area contributed by atoms with Crippen LogP contribution in [0.25, 0.3) is 0 Å². The molecule has 2 rings (SSSR count). The van der Waals surface area contributed by atoms with E-state index in [0.717, 1.165) is 5.56 Å². The van der Waals surface area contributed by atoms with Crippen molar-refractivity contribution in [2.24, 2.45) is 0 Å². The van der Waals surface area contributed by atoms with Gasteiger partial charge >= 0.3 is 5.97 Å². The standard InChI is InChI=1S/C18H20O6S/c1-12-5-3-6-15(9-12)25(22,23)8-4-7-24-14-10-13(2)17(19)16(11-14)18(20)21/h3,5-6,9-11,19H,4,7-8H2,1-2H3,(H,20,21). The van der Waals surface area contributed by atoms with Crippen LogP contribution in [0.4, 0.5) is 0 Å². The first-order valence-corrected chi connectivity index (χ1v) is 9.35. The first kappa shape index (κ1) is 18.8. The number of ether oxygens (including phenoxy) is 1. The topological polar surface area (TPSA) is 101 Å². The highest BCUT2D eigenvalue weighted by atomic mass is 32.2. The van der Waals surface area contributed by atoms with E-state index in [0.29, 0.717) is 5.56 Å². The fourth-order valence-electron chi connectivity index (χ4n) is 2.36. The molecule has 0 aliphatic rings. The summed E-state index contributed by atoms with van der Waals surface area (Å²) in [6.45, 7) is 3.51. The van der Waals surface area contributed by atoms with Gasteiger partial charge in [0.25, 0.3) is 0 Å². The lowest BCUT2D eigenvalue weighted by atomic mass is 10.1. The Hall–Kier alpha value is -2.54. The predicted molar refractivity (Wildman–Crippen MR) is 93.1 cm³/mol. The molecule has 2 aromatic rings. The number of hydrogen-bond donors (Lipinski definition) is 2. The molecule has 0 fully saturated rings. The Labute approximate surface area is 146 Å². The fraction of sp³-hybridized carbons (Fsp3) is 0.278. The maximum absolute atomic E-state index is 12.3. The molecule has 0 radical (unpaired) electrons. The molecule has 0 aromatic heterocycles. The van der Waals surface area contributed by atoms with E-state index >= 15 is 0 Å². The smallest absolute Gasteiger partial charge is 0.339 e. The van der Waals surface area contributed by atoms with Crippen molar-refractivity contribution in [1.29, 1.82) is 0 Å². The van der Waals surface area contributed by atoms with Crippen molar-refractivity contribution in [3.05, 3.63) is 53.1 Å². The zero-order valence-electron chi connectivity index (χ0n) is 14.0. The molecule has 2 N–H and O–H groups in total. The SMILES string of the molecule is Cc1cccc(S(=O)(=O)CCCOc2cc(C)c(O)c(C(=O)O)c2)c1. The fourth-order valence-corrected chi connectivity index (χ4v) is 3.74. The zero-order valence-corrected chi connectivity index (χ0v) is 14.8. The monoisotopic (exact) mass is 364 g/mol. The third-order valence-electron chi connectivity index (χ3n) is 3.68. The number of rotatable bonds is 7. The molecular weight excluding hydrogens is 344 g/mol. The van der Waals surface area contributed by atoms with Gasteiger partial charge < -0.3 is 14.9 Å². The average Bonchev–Trinajstić information content (AvgIpc) is 2.54. The van der Waals surface area contributed by atoms with Crippen molar-refractivity contribution in [1.82, 2.24) is 0 Å². The van der Waals surface area contributed by atoms with E-state index in [9.17, 15) is 18.3 Å². The van der Waals surface area contributed by atoms with E-state index in [1.807, 2.05) is 13.0 Å². The van der Waals surface area contributed by atoms with Gasteiger partial charge in [0.05, 0.1) is 17.3 Å². The second kappa shape index (κ2) is 7.57. The molecule has 7 heteroatoms. The van der Waals surface area contributed by atoms with Crippen molar-refractivity contribution in [3.63, 3.8) is 0 Å². The Morgan fingerprint density at radius 3 is 2.52 bits per heavy atom. The highest BCUT2D eigenvalue weighted by Gasteiger charge is 2.16. The van der Waals surface area contributed by atoms with E-state index in [-0.39, 0.29) is 40.7 Å². The van der Waals surface area contributed by atoms with Gasteiger partial charge in [0.15, 0.2) is 9.84 Å². The maximum Gasteiger partial charge on any atom is 0.339 e. The molecule has 2 aromatic carbocycles. The van der Waals surface area contributed by atoms with Gasteiger partial charge in [-0.1, -0.05) is 12.1 Å². The number of sulfone groups is 1. The highest BCUT2D eigenvalue weighted by Crippen LogP contribution is 2.28. The van der Waals surface area contributed by atoms with Crippen molar-refractivity contribution in [2.75, 3.05) is 12.4 Å². The van der Waals surface area contributed by atoms with Gasteiger partial charge in [0, 0.05) is 0 Å². The number of aryl methyl sites for hydroxylation is 2. The summed E-state index contributed by atoms with van der Waals surface area (Å²) in [5.41, 5.74) is 1.00. The van der Waals surface area contributed by atoms with Crippen LogP contribution in [0.5, 0.6) is 11.5 Å². The van der Waals surface area contributed by atoms with Gasteiger partial charge in [0.2, 0.25) is 0 Å². The van der Waals surface area contributed by atoms with Gasteiger partial charge in [-0.05, 0) is 55.7 Å². The van der Waals surface area contributed by atoms with E-state index in [1.54, 1.807) is 25.1 Å². The second-order valence-corrected chi connectivity index (χ2v) is 7.89. The van der Waals surface area contributed by atoms with Crippen molar-refractivity contribution < 1.29 is 28.2 Å². The molecule has 0 unspecified atom stereocenters. The third kappa shape index (κ3) is 4.73. The summed E-state index contributed by atoms with van der Waals surface area (Å²) in [4.78, 5) is 11.4. The minimum Gasteiger partial charge on any atom is -0.507 e. The molecule has 0 heterocycles. The van der Waals surface area contributed by atoms with Gasteiger partial charge in [0.1, 0.15) is 17.1 Å². The highest BCUT2D eigenvalue weighted by molar-refractivity contribution is 7.91. The molecule has 0 saturated heterocycles. The number of benzene rings is 2. The normalized spacial score (nSPS) is 11.3. The minimum atomic E-state index is -3.39. The number of phenols is 1. The summed E-state index contributed by atoms with van der Waals surface area (Å²) in [7, 11) is -3.39. The summed E-state index contributed by atoms with van der Waals surface area (Å²) >= 11 is 0. The molecule has 0 aliphatic carbocycles. The molecule has 0 atom stereocenters. The van der Waals surface area contributed by atoms with E-state index < -0.39 is 15.8 Å². The average molecular weight is 364 g/mol. The number of carboxylic acid groups (broad SMARTS) is 1. The van der Waals surface area contributed by atoms with Crippen LogP contribution in [-0.2, 0) is 9.84 Å². The Bertz CT molecular complexity index is 886. The molecular formula is C18H20O6S. The molecule has 0 spiro atoms. The van der Waals surface area contributed by atoms with Crippen LogP contribution >= 0.6 is 0 Å². The van der Waals surface area contributed by atoms with Crippen LogP contribution in [0.3, 0.4) is 0 Å². The Morgan fingerprint density at radius 2 is 1.88 bits per heavy atom. The van der Waals surface area contributed by atoms with Crippen LogP contribution in [0.1, 0.15) is 27.9 Å². The van der Waals surface area contributed by atoms with Crippen molar-refractivity contribution in [3.8, 4) is 11.5 Å². The number of hydrogen-bond acceptors (Lipinski definition) is 5. The minimum absolute atomic E-state index is 0.0701. The van der Waals surface area contributed by atoms with Crippen LogP contribution < -0.4 is 4.74 Å². The lowest BCUT2D eigenvalue weighted by Gasteiger charge is -2.10. The van der Waals surface area contributed by atoms with E-state index in [2.05, 4.69) is 0 Å². The Kier molecular flexibility index (Phi) is 5.69. The first-order valence-electron chi connectivity index (χ1n) is 7.70. The predicted octanol–water partition coefficient (Wildman–Crippen LogP) is 2.95. The Balaban J connectivity index is 1.98.